The van der Waals surface area contributed by atoms with Gasteiger partial charge < -0.3 is 26.3 Å². The number of aromatic nitrogens is 2. The molecule has 230 valence electrons. The van der Waals surface area contributed by atoms with Crippen molar-refractivity contribution in [2.45, 2.75) is 51.6 Å². The Labute approximate surface area is 255 Å². The Bertz CT molecular complexity index is 1460. The summed E-state index contributed by atoms with van der Waals surface area (Å²) in [7, 11) is 5.65. The summed E-state index contributed by atoms with van der Waals surface area (Å²) in [5.41, 5.74) is 13.9. The lowest BCUT2D eigenvalue weighted by Crippen LogP contribution is -2.70. The van der Waals surface area contributed by atoms with Gasteiger partial charge in [-0.3, -0.25) is 14.9 Å². The molecule has 5 N–H and O–H groups in total. The van der Waals surface area contributed by atoms with Crippen LogP contribution in [0.2, 0.25) is 0 Å². The lowest BCUT2D eigenvalue weighted by Gasteiger charge is -2.47. The highest BCUT2D eigenvalue weighted by Gasteiger charge is 2.55. The average Bonchev–Trinajstić information content (AvgIpc) is 3.73. The predicted octanol–water partition coefficient (Wildman–Crippen LogP) is 1.93. The van der Waals surface area contributed by atoms with Crippen LogP contribution in [0.5, 0.6) is 0 Å². The van der Waals surface area contributed by atoms with Crippen LogP contribution in [0, 0.1) is 5.92 Å². The molecule has 1 aliphatic carbocycles. The number of anilines is 1. The highest BCUT2D eigenvalue weighted by Crippen LogP contribution is 2.46. The molecule has 11 nitrogen and oxygen atoms in total. The molecule has 1 saturated heterocycles. The minimum atomic E-state index is 0.0226. The molecule has 0 aromatic carbocycles. The van der Waals surface area contributed by atoms with E-state index in [9.17, 15) is 4.79 Å². The fourth-order valence-corrected chi connectivity index (χ4v) is 5.97. The van der Waals surface area contributed by atoms with E-state index in [1.54, 1.807) is 11.1 Å². The summed E-state index contributed by atoms with van der Waals surface area (Å²) in [6, 6.07) is 6.29. The average molecular weight is 588 g/mol. The second-order valence-electron chi connectivity index (χ2n) is 12.5. The number of hydrazine groups is 1. The highest BCUT2D eigenvalue weighted by atomic mass is 16.2. The number of fused-ring (bicyclic) bond motifs is 1. The molecule has 1 atom stereocenters. The first kappa shape index (κ1) is 30.3. The largest absolute Gasteiger partial charge is 0.404 e. The summed E-state index contributed by atoms with van der Waals surface area (Å²) in [4.78, 5) is 32.0. The Morgan fingerprint density at radius 1 is 1.30 bits per heavy atom. The zero-order valence-electron chi connectivity index (χ0n) is 26.4. The van der Waals surface area contributed by atoms with E-state index in [2.05, 4.69) is 57.4 Å². The van der Waals surface area contributed by atoms with E-state index in [0.29, 0.717) is 5.92 Å². The molecule has 4 heterocycles. The van der Waals surface area contributed by atoms with Crippen LogP contribution >= 0.6 is 0 Å². The highest BCUT2D eigenvalue weighted by molar-refractivity contribution is 6.07. The van der Waals surface area contributed by atoms with Crippen LogP contribution < -0.4 is 21.5 Å². The maximum Gasteiger partial charge on any atom is 0.320 e. The van der Waals surface area contributed by atoms with Crippen LogP contribution in [0.15, 0.2) is 54.3 Å². The minimum absolute atomic E-state index is 0.0226. The van der Waals surface area contributed by atoms with E-state index in [-0.39, 0.29) is 17.6 Å². The zero-order chi connectivity index (χ0) is 30.7. The van der Waals surface area contributed by atoms with Gasteiger partial charge in [-0.2, -0.15) is 0 Å². The van der Waals surface area contributed by atoms with Crippen LogP contribution in [-0.4, -0.2) is 101 Å². The number of carbonyl (C=O) groups is 1. The van der Waals surface area contributed by atoms with Gasteiger partial charge in [0, 0.05) is 77.4 Å². The van der Waals surface area contributed by atoms with Crippen molar-refractivity contribution >= 4 is 34.7 Å². The fraction of sp³-hybridized carbons (Fsp3) is 0.500. The number of urea groups is 1. The molecule has 5 rings (SSSR count). The van der Waals surface area contributed by atoms with Crippen molar-refractivity contribution in [2.75, 3.05) is 52.6 Å². The van der Waals surface area contributed by atoms with Gasteiger partial charge in [-0.1, -0.05) is 13.8 Å². The van der Waals surface area contributed by atoms with Crippen LogP contribution in [0.1, 0.15) is 45.6 Å². The summed E-state index contributed by atoms with van der Waals surface area (Å²) in [6.45, 7) is 10.2. The Morgan fingerprint density at radius 2 is 2.09 bits per heavy atom. The monoisotopic (exact) mass is 587 g/mol. The molecule has 2 aromatic heterocycles. The molecule has 2 aromatic rings. The minimum Gasteiger partial charge on any atom is -0.404 e. The summed E-state index contributed by atoms with van der Waals surface area (Å²) < 4.78 is 0. The number of nitrogens with two attached hydrogens (primary N) is 1. The van der Waals surface area contributed by atoms with Crippen molar-refractivity contribution in [2.24, 2.45) is 11.7 Å². The molecule has 2 fully saturated rings. The van der Waals surface area contributed by atoms with E-state index < -0.39 is 0 Å². The molecule has 3 aliphatic rings. The topological polar surface area (TPSA) is 120 Å². The quantitative estimate of drug-likeness (QED) is 0.260. The Balaban J connectivity index is 1.18. The number of hydrogen-bond acceptors (Lipinski definition) is 8. The summed E-state index contributed by atoms with van der Waals surface area (Å²) >= 11 is 0. The van der Waals surface area contributed by atoms with Crippen LogP contribution in [0.3, 0.4) is 0 Å². The number of rotatable bonds is 9. The van der Waals surface area contributed by atoms with Gasteiger partial charge in [-0.05, 0) is 55.5 Å². The third kappa shape index (κ3) is 6.77. The SMILES string of the molecule is CC(C)C1=CNN(C)C(Nc2ccc3ncc(C(C=[NH+]CCCN4C[C@@H](C)N(C(=O)N(C)C)C5(CC5)C4)=CN)cc3n2)=C1. The number of carbonyl (C=O) groups excluding carboxylic acids is 1. The number of amides is 2. The van der Waals surface area contributed by atoms with Crippen LogP contribution in [0.25, 0.3) is 16.6 Å². The molecule has 11 heteroatoms. The molecule has 2 aliphatic heterocycles. The first-order valence-corrected chi connectivity index (χ1v) is 15.3. The lowest BCUT2D eigenvalue weighted by atomic mass is 10.0. The molecule has 2 amide bonds. The van der Waals surface area contributed by atoms with E-state index in [1.165, 1.54) is 5.57 Å². The van der Waals surface area contributed by atoms with Crippen molar-refractivity contribution in [3.63, 3.8) is 0 Å². The number of pyridine rings is 2. The second-order valence-corrected chi connectivity index (χ2v) is 12.5. The van der Waals surface area contributed by atoms with Crippen molar-refractivity contribution in [3.8, 4) is 0 Å². The predicted molar refractivity (Wildman–Crippen MR) is 173 cm³/mol. The number of nitrogens with one attached hydrogen (secondary N) is 3. The van der Waals surface area contributed by atoms with E-state index in [1.807, 2.05) is 63.0 Å². The van der Waals surface area contributed by atoms with Crippen LogP contribution in [-0.2, 0) is 0 Å². The number of piperazine rings is 1. The third-order valence-electron chi connectivity index (χ3n) is 8.52. The number of hydrogen-bond donors (Lipinski definition) is 4. The Kier molecular flexibility index (Phi) is 8.91. The molecule has 1 spiro atoms. The summed E-state index contributed by atoms with van der Waals surface area (Å²) in [5.74, 6) is 2.08. The maximum atomic E-state index is 12.8. The Morgan fingerprint density at radius 3 is 2.79 bits per heavy atom. The van der Waals surface area contributed by atoms with Gasteiger partial charge >= 0.3 is 6.03 Å². The van der Waals surface area contributed by atoms with Gasteiger partial charge in [0.15, 0.2) is 6.21 Å². The first-order valence-electron chi connectivity index (χ1n) is 15.3. The number of nitrogens with zero attached hydrogens (tertiary/aromatic N) is 6. The van der Waals surface area contributed by atoms with Crippen molar-refractivity contribution in [1.82, 2.24) is 35.1 Å². The molecule has 0 unspecified atom stereocenters. The van der Waals surface area contributed by atoms with Gasteiger partial charge in [0.1, 0.15) is 18.2 Å². The molecular formula is C32H47N10O+. The first-order chi connectivity index (χ1) is 20.6. The van der Waals surface area contributed by atoms with Gasteiger partial charge in [-0.15, -0.1) is 0 Å². The van der Waals surface area contributed by atoms with Crippen molar-refractivity contribution in [3.05, 3.63) is 59.8 Å². The van der Waals surface area contributed by atoms with E-state index in [0.717, 1.165) is 79.3 Å². The zero-order valence-corrected chi connectivity index (χ0v) is 26.4. The second kappa shape index (κ2) is 12.6. The third-order valence-corrected chi connectivity index (χ3v) is 8.52. The van der Waals surface area contributed by atoms with Gasteiger partial charge in [0.25, 0.3) is 0 Å². The lowest BCUT2D eigenvalue weighted by molar-refractivity contribution is -0.451. The molecule has 0 bridgehead atoms. The smallest absolute Gasteiger partial charge is 0.320 e. The van der Waals surface area contributed by atoms with Crippen LogP contribution in [0.4, 0.5) is 10.6 Å². The van der Waals surface area contributed by atoms with E-state index in [4.69, 9.17) is 10.7 Å². The molecule has 1 saturated carbocycles. The van der Waals surface area contributed by atoms with Gasteiger partial charge in [-0.25, -0.2) is 14.8 Å². The fourth-order valence-electron chi connectivity index (χ4n) is 5.97. The molecular weight excluding hydrogens is 540 g/mol. The van der Waals surface area contributed by atoms with Gasteiger partial charge in [0.05, 0.1) is 22.1 Å². The normalized spacial score (nSPS) is 20.4. The summed E-state index contributed by atoms with van der Waals surface area (Å²) in [6.07, 6.45) is 12.7. The van der Waals surface area contributed by atoms with Crippen molar-refractivity contribution < 1.29 is 9.79 Å². The Hall–Kier alpha value is -4.12. The standard InChI is InChI=1S/C32H46N10O/c1-22(2)24-15-30(40(6)36-19-24)38-29-9-8-27-28(37-29)14-25(18-35-27)26(16-33)17-34-12-7-13-41-20-23(3)42(31(43)39(4)5)32(21-41)10-11-32/h8-9,14-19,22-23,36H,7,10-13,20-21,33H2,1-6H3,(H,37,38)/p+1/t23-/m1/s1. The number of allylic oxidation sites excluding steroid dienone is 3. The maximum absolute atomic E-state index is 12.8. The molecule has 43 heavy (non-hydrogen) atoms. The molecule has 0 radical (unpaired) electrons. The van der Waals surface area contributed by atoms with E-state index >= 15 is 0 Å². The van der Waals surface area contributed by atoms with Gasteiger partial charge in [0.2, 0.25) is 0 Å². The summed E-state index contributed by atoms with van der Waals surface area (Å²) in [5, 5.41) is 5.36. The van der Waals surface area contributed by atoms with Crippen molar-refractivity contribution in [1.29, 1.82) is 0 Å².